The van der Waals surface area contributed by atoms with Gasteiger partial charge in [0.15, 0.2) is 6.61 Å². The molecule has 1 aliphatic rings. The Balaban J connectivity index is 1.26. The molecule has 0 unspecified atom stereocenters. The molecule has 5 nitrogen and oxygen atoms in total. The molecule has 0 atom stereocenters. The first-order valence-electron chi connectivity index (χ1n) is 9.88. The first-order valence-corrected chi connectivity index (χ1v) is 10.6. The van der Waals surface area contributed by atoms with E-state index < -0.39 is 0 Å². The topological polar surface area (TPSA) is 59.6 Å². The van der Waals surface area contributed by atoms with Crippen LogP contribution in [0.15, 0.2) is 48.5 Å². The van der Waals surface area contributed by atoms with Crippen LogP contribution < -0.4 is 20.1 Å². The standard InChI is InChI=1S/C22H26Cl2N2O3/c23-16-1-9-20(10-2-16)28-14-13-25-18-5-7-19(8-6-18)26-22(27)15-29-21-11-3-17(24)4-12-21/h1-4,9-12,18-19,25H,5-8,13-15H2,(H,26,27). The van der Waals surface area contributed by atoms with Gasteiger partial charge in [0.1, 0.15) is 18.1 Å². The molecule has 1 amide bonds. The van der Waals surface area contributed by atoms with Crippen LogP contribution in [0.2, 0.25) is 10.0 Å². The molecule has 1 fully saturated rings. The van der Waals surface area contributed by atoms with Crippen LogP contribution in [0.25, 0.3) is 0 Å². The molecule has 0 heterocycles. The minimum Gasteiger partial charge on any atom is -0.492 e. The predicted octanol–water partition coefficient (Wildman–Crippen LogP) is 4.47. The van der Waals surface area contributed by atoms with Gasteiger partial charge in [0, 0.05) is 28.7 Å². The number of hydrogen-bond donors (Lipinski definition) is 2. The Hall–Kier alpha value is -1.95. The van der Waals surface area contributed by atoms with Crippen molar-refractivity contribution in [2.24, 2.45) is 0 Å². The second-order valence-electron chi connectivity index (χ2n) is 7.12. The van der Waals surface area contributed by atoms with Crippen LogP contribution in [0.1, 0.15) is 25.7 Å². The van der Waals surface area contributed by atoms with Crippen molar-refractivity contribution >= 4 is 29.1 Å². The second-order valence-corrected chi connectivity index (χ2v) is 7.99. The summed E-state index contributed by atoms with van der Waals surface area (Å²) in [4.78, 5) is 12.1. The van der Waals surface area contributed by atoms with Crippen LogP contribution in [-0.4, -0.2) is 37.7 Å². The zero-order chi connectivity index (χ0) is 20.5. The van der Waals surface area contributed by atoms with Gasteiger partial charge in [-0.1, -0.05) is 23.2 Å². The summed E-state index contributed by atoms with van der Waals surface area (Å²) in [6.07, 6.45) is 3.98. The number of amides is 1. The van der Waals surface area contributed by atoms with Gasteiger partial charge in [-0.15, -0.1) is 0 Å². The van der Waals surface area contributed by atoms with Gasteiger partial charge in [-0.05, 0) is 74.2 Å². The average molecular weight is 437 g/mol. The van der Waals surface area contributed by atoms with E-state index in [1.807, 2.05) is 24.3 Å². The highest BCUT2D eigenvalue weighted by Gasteiger charge is 2.22. The monoisotopic (exact) mass is 436 g/mol. The smallest absolute Gasteiger partial charge is 0.258 e. The molecule has 7 heteroatoms. The summed E-state index contributed by atoms with van der Waals surface area (Å²) < 4.78 is 11.2. The van der Waals surface area contributed by atoms with Gasteiger partial charge in [-0.3, -0.25) is 4.79 Å². The molecule has 2 aromatic rings. The van der Waals surface area contributed by atoms with Crippen LogP contribution in [0.3, 0.4) is 0 Å². The maximum Gasteiger partial charge on any atom is 0.258 e. The van der Waals surface area contributed by atoms with Gasteiger partial charge in [0.25, 0.3) is 5.91 Å². The third kappa shape index (κ3) is 7.77. The molecule has 0 aliphatic heterocycles. The summed E-state index contributed by atoms with van der Waals surface area (Å²) in [5.41, 5.74) is 0. The van der Waals surface area contributed by atoms with Gasteiger partial charge in [0.2, 0.25) is 0 Å². The molecular formula is C22H26Cl2N2O3. The summed E-state index contributed by atoms with van der Waals surface area (Å²) in [7, 11) is 0. The van der Waals surface area contributed by atoms with E-state index in [0.717, 1.165) is 38.0 Å². The van der Waals surface area contributed by atoms with Crippen LogP contribution in [-0.2, 0) is 4.79 Å². The summed E-state index contributed by atoms with van der Waals surface area (Å²) in [6.45, 7) is 1.42. The summed E-state index contributed by atoms with van der Waals surface area (Å²) in [5, 5.41) is 7.94. The largest absolute Gasteiger partial charge is 0.492 e. The maximum absolute atomic E-state index is 12.1. The van der Waals surface area contributed by atoms with Crippen molar-refractivity contribution in [2.45, 2.75) is 37.8 Å². The fourth-order valence-electron chi connectivity index (χ4n) is 3.35. The Bertz CT molecular complexity index is 761. The van der Waals surface area contributed by atoms with Crippen molar-refractivity contribution in [1.82, 2.24) is 10.6 Å². The molecule has 0 saturated heterocycles. The fourth-order valence-corrected chi connectivity index (χ4v) is 3.61. The molecule has 0 spiro atoms. The molecule has 1 aliphatic carbocycles. The average Bonchev–Trinajstić information content (AvgIpc) is 2.73. The van der Waals surface area contributed by atoms with Crippen molar-refractivity contribution in [3.8, 4) is 11.5 Å². The van der Waals surface area contributed by atoms with Gasteiger partial charge in [-0.2, -0.15) is 0 Å². The van der Waals surface area contributed by atoms with Crippen LogP contribution in [0, 0.1) is 0 Å². The lowest BCUT2D eigenvalue weighted by Gasteiger charge is -2.29. The van der Waals surface area contributed by atoms with Crippen LogP contribution in [0.5, 0.6) is 11.5 Å². The van der Waals surface area contributed by atoms with Gasteiger partial charge in [0.05, 0.1) is 0 Å². The molecule has 0 radical (unpaired) electrons. The molecule has 0 aromatic heterocycles. The molecule has 2 N–H and O–H groups in total. The zero-order valence-corrected chi connectivity index (χ0v) is 17.7. The van der Waals surface area contributed by atoms with Crippen LogP contribution in [0.4, 0.5) is 0 Å². The highest BCUT2D eigenvalue weighted by molar-refractivity contribution is 6.30. The Morgan fingerprint density at radius 2 is 1.34 bits per heavy atom. The first kappa shape index (κ1) is 21.8. The Morgan fingerprint density at radius 3 is 1.93 bits per heavy atom. The Labute approximate surface area is 181 Å². The number of rotatable bonds is 9. The van der Waals surface area contributed by atoms with E-state index in [0.29, 0.717) is 28.4 Å². The zero-order valence-electron chi connectivity index (χ0n) is 16.2. The fraction of sp³-hybridized carbons (Fsp3) is 0.409. The number of ether oxygens (including phenoxy) is 2. The highest BCUT2D eigenvalue weighted by atomic mass is 35.5. The third-order valence-electron chi connectivity index (χ3n) is 4.89. The second kappa shape index (κ2) is 11.3. The first-order chi connectivity index (χ1) is 14.1. The van der Waals surface area contributed by atoms with E-state index in [-0.39, 0.29) is 18.6 Å². The van der Waals surface area contributed by atoms with Gasteiger partial charge in [-0.25, -0.2) is 0 Å². The van der Waals surface area contributed by atoms with Gasteiger partial charge < -0.3 is 20.1 Å². The minimum absolute atomic E-state index is 0.0157. The molecule has 0 bridgehead atoms. The predicted molar refractivity (Wildman–Crippen MR) is 116 cm³/mol. The van der Waals surface area contributed by atoms with E-state index in [4.69, 9.17) is 32.7 Å². The molecule has 2 aromatic carbocycles. The molecule has 156 valence electrons. The maximum atomic E-state index is 12.1. The number of halogens is 2. The molecule has 1 saturated carbocycles. The quantitative estimate of drug-likeness (QED) is 0.569. The van der Waals surface area contributed by atoms with E-state index in [9.17, 15) is 4.79 Å². The Kier molecular flexibility index (Phi) is 8.47. The summed E-state index contributed by atoms with van der Waals surface area (Å²) in [6, 6.07) is 15.0. The van der Waals surface area contributed by atoms with E-state index in [1.54, 1.807) is 24.3 Å². The number of nitrogens with one attached hydrogen (secondary N) is 2. The SMILES string of the molecule is O=C(COc1ccc(Cl)cc1)NC1CCC(NCCOc2ccc(Cl)cc2)CC1. The molecule has 3 rings (SSSR count). The molecular weight excluding hydrogens is 411 g/mol. The third-order valence-corrected chi connectivity index (χ3v) is 5.40. The van der Waals surface area contributed by atoms with Gasteiger partial charge >= 0.3 is 0 Å². The van der Waals surface area contributed by atoms with Crippen molar-refractivity contribution in [2.75, 3.05) is 19.8 Å². The van der Waals surface area contributed by atoms with E-state index >= 15 is 0 Å². The lowest BCUT2D eigenvalue weighted by molar-refractivity contribution is -0.124. The number of hydrogen-bond acceptors (Lipinski definition) is 4. The number of carbonyl (C=O) groups is 1. The van der Waals surface area contributed by atoms with Crippen molar-refractivity contribution in [1.29, 1.82) is 0 Å². The Morgan fingerprint density at radius 1 is 0.828 bits per heavy atom. The van der Waals surface area contributed by atoms with Crippen molar-refractivity contribution in [3.05, 3.63) is 58.6 Å². The summed E-state index contributed by atoms with van der Waals surface area (Å²) >= 11 is 11.7. The van der Waals surface area contributed by atoms with E-state index in [2.05, 4.69) is 10.6 Å². The van der Waals surface area contributed by atoms with Crippen molar-refractivity contribution in [3.63, 3.8) is 0 Å². The van der Waals surface area contributed by atoms with E-state index in [1.165, 1.54) is 0 Å². The van der Waals surface area contributed by atoms with Crippen LogP contribution >= 0.6 is 23.2 Å². The lowest BCUT2D eigenvalue weighted by atomic mass is 9.91. The number of benzene rings is 2. The molecule has 29 heavy (non-hydrogen) atoms. The lowest BCUT2D eigenvalue weighted by Crippen LogP contribution is -2.44. The highest BCUT2D eigenvalue weighted by Crippen LogP contribution is 2.19. The number of carbonyl (C=O) groups excluding carboxylic acids is 1. The summed E-state index contributed by atoms with van der Waals surface area (Å²) in [5.74, 6) is 1.37. The minimum atomic E-state index is -0.0901. The normalized spacial score (nSPS) is 18.8. The van der Waals surface area contributed by atoms with Crippen molar-refractivity contribution < 1.29 is 14.3 Å².